The van der Waals surface area contributed by atoms with E-state index in [4.69, 9.17) is 0 Å². The highest BCUT2D eigenvalue weighted by Crippen LogP contribution is 2.42. The van der Waals surface area contributed by atoms with Gasteiger partial charge in [-0.15, -0.1) is 11.8 Å². The van der Waals surface area contributed by atoms with Crippen LogP contribution < -0.4 is 5.32 Å². The first kappa shape index (κ1) is 19.4. The SMILES string of the molecule is Cc1ccc(C(=O)N2[C@@H](c3ccc(F)cc3)SC[C@H]2C(=O)NC(C)C)cc1. The molecule has 1 heterocycles. The van der Waals surface area contributed by atoms with Crippen molar-refractivity contribution in [3.8, 4) is 0 Å². The number of amides is 2. The molecular formula is C21H23FN2O2S. The minimum atomic E-state index is -0.568. The monoisotopic (exact) mass is 386 g/mol. The fourth-order valence-corrected chi connectivity index (χ4v) is 4.50. The molecule has 1 saturated heterocycles. The van der Waals surface area contributed by atoms with E-state index in [1.807, 2.05) is 32.9 Å². The normalized spacial score (nSPS) is 19.4. The van der Waals surface area contributed by atoms with E-state index in [2.05, 4.69) is 5.32 Å². The summed E-state index contributed by atoms with van der Waals surface area (Å²) in [5.74, 6) is -0.189. The third-order valence-corrected chi connectivity index (χ3v) is 5.75. The first-order valence-electron chi connectivity index (χ1n) is 8.93. The summed E-state index contributed by atoms with van der Waals surface area (Å²) in [5, 5.41) is 2.57. The van der Waals surface area contributed by atoms with Crippen LogP contribution in [0.4, 0.5) is 4.39 Å². The Morgan fingerprint density at radius 3 is 2.33 bits per heavy atom. The Morgan fingerprint density at radius 1 is 1.11 bits per heavy atom. The number of carbonyl (C=O) groups excluding carboxylic acids is 2. The lowest BCUT2D eigenvalue weighted by Gasteiger charge is -2.29. The van der Waals surface area contributed by atoms with E-state index in [0.717, 1.165) is 11.1 Å². The first-order valence-corrected chi connectivity index (χ1v) is 9.98. The second-order valence-electron chi connectivity index (χ2n) is 6.99. The molecule has 1 aliphatic rings. The van der Waals surface area contributed by atoms with Gasteiger partial charge < -0.3 is 10.2 Å². The molecule has 2 aromatic carbocycles. The van der Waals surface area contributed by atoms with Crippen LogP contribution in [-0.2, 0) is 4.79 Å². The number of nitrogens with one attached hydrogen (secondary N) is 1. The molecule has 3 rings (SSSR count). The predicted octanol–water partition coefficient (Wildman–Crippen LogP) is 3.92. The first-order chi connectivity index (χ1) is 12.9. The van der Waals surface area contributed by atoms with E-state index >= 15 is 0 Å². The minimum absolute atomic E-state index is 0.0105. The number of hydrogen-bond acceptors (Lipinski definition) is 3. The zero-order valence-corrected chi connectivity index (χ0v) is 16.4. The Hall–Kier alpha value is -2.34. The van der Waals surface area contributed by atoms with E-state index in [1.54, 1.807) is 29.2 Å². The van der Waals surface area contributed by atoms with Gasteiger partial charge in [0.05, 0.1) is 0 Å². The van der Waals surface area contributed by atoms with Crippen molar-refractivity contribution in [2.75, 3.05) is 5.75 Å². The van der Waals surface area contributed by atoms with Gasteiger partial charge in [0.25, 0.3) is 5.91 Å². The van der Waals surface area contributed by atoms with E-state index < -0.39 is 6.04 Å². The molecule has 1 N–H and O–H groups in total. The van der Waals surface area contributed by atoms with Crippen LogP contribution in [0.5, 0.6) is 0 Å². The van der Waals surface area contributed by atoms with Gasteiger partial charge in [0.2, 0.25) is 5.91 Å². The smallest absolute Gasteiger partial charge is 0.255 e. The van der Waals surface area contributed by atoms with Gasteiger partial charge >= 0.3 is 0 Å². The summed E-state index contributed by atoms with van der Waals surface area (Å²) < 4.78 is 13.3. The van der Waals surface area contributed by atoms with Crippen LogP contribution in [0.3, 0.4) is 0 Å². The molecule has 2 aromatic rings. The maximum absolute atomic E-state index is 13.3. The largest absolute Gasteiger partial charge is 0.352 e. The van der Waals surface area contributed by atoms with Crippen LogP contribution in [0.1, 0.15) is 40.7 Å². The van der Waals surface area contributed by atoms with Gasteiger partial charge in [-0.25, -0.2) is 4.39 Å². The highest BCUT2D eigenvalue weighted by atomic mass is 32.2. The molecule has 1 fully saturated rings. The summed E-state index contributed by atoms with van der Waals surface area (Å²) in [4.78, 5) is 27.6. The third kappa shape index (κ3) is 4.33. The Bertz CT molecular complexity index is 821. The van der Waals surface area contributed by atoms with Crippen molar-refractivity contribution < 1.29 is 14.0 Å². The summed E-state index contributed by atoms with van der Waals surface area (Å²) in [6, 6.07) is 12.8. The van der Waals surface area contributed by atoms with E-state index in [9.17, 15) is 14.0 Å². The molecule has 2 amide bonds. The number of rotatable bonds is 4. The Balaban J connectivity index is 1.95. The molecule has 4 nitrogen and oxygen atoms in total. The minimum Gasteiger partial charge on any atom is -0.352 e. The Morgan fingerprint density at radius 2 is 1.74 bits per heavy atom. The van der Waals surface area contributed by atoms with E-state index in [1.165, 1.54) is 23.9 Å². The quantitative estimate of drug-likeness (QED) is 0.867. The number of benzene rings is 2. The second-order valence-corrected chi connectivity index (χ2v) is 8.11. The molecule has 0 saturated carbocycles. The van der Waals surface area contributed by atoms with Crippen molar-refractivity contribution in [1.82, 2.24) is 10.2 Å². The molecular weight excluding hydrogens is 363 g/mol. The van der Waals surface area contributed by atoms with Gasteiger partial charge in [-0.05, 0) is 50.6 Å². The summed E-state index contributed by atoms with van der Waals surface area (Å²) in [5.41, 5.74) is 2.41. The predicted molar refractivity (Wildman–Crippen MR) is 106 cm³/mol. The lowest BCUT2D eigenvalue weighted by Crippen LogP contribution is -2.49. The van der Waals surface area contributed by atoms with Gasteiger partial charge in [-0.1, -0.05) is 29.8 Å². The van der Waals surface area contributed by atoms with E-state index in [0.29, 0.717) is 11.3 Å². The van der Waals surface area contributed by atoms with Crippen molar-refractivity contribution in [2.45, 2.75) is 38.2 Å². The zero-order chi connectivity index (χ0) is 19.6. The number of carbonyl (C=O) groups is 2. The lowest BCUT2D eigenvalue weighted by molar-refractivity contribution is -0.125. The van der Waals surface area contributed by atoms with Gasteiger partial charge in [0.15, 0.2) is 0 Å². The fourth-order valence-electron chi connectivity index (χ4n) is 3.07. The van der Waals surface area contributed by atoms with Gasteiger partial charge in [0.1, 0.15) is 17.2 Å². The summed E-state index contributed by atoms with van der Waals surface area (Å²) in [7, 11) is 0. The van der Waals surface area contributed by atoms with Crippen molar-refractivity contribution >= 4 is 23.6 Å². The molecule has 0 aliphatic carbocycles. The number of halogens is 1. The molecule has 0 radical (unpaired) electrons. The van der Waals surface area contributed by atoms with Crippen LogP contribution in [0.25, 0.3) is 0 Å². The van der Waals surface area contributed by atoms with Crippen LogP contribution in [0.2, 0.25) is 0 Å². The fraction of sp³-hybridized carbons (Fsp3) is 0.333. The summed E-state index contributed by atoms with van der Waals surface area (Å²) >= 11 is 1.52. The average molecular weight is 386 g/mol. The van der Waals surface area contributed by atoms with Crippen molar-refractivity contribution in [3.63, 3.8) is 0 Å². The zero-order valence-electron chi connectivity index (χ0n) is 15.6. The number of thioether (sulfide) groups is 1. The van der Waals surface area contributed by atoms with Gasteiger partial charge in [-0.2, -0.15) is 0 Å². The molecule has 27 heavy (non-hydrogen) atoms. The van der Waals surface area contributed by atoms with Crippen LogP contribution >= 0.6 is 11.8 Å². The third-order valence-electron chi connectivity index (χ3n) is 4.42. The molecule has 2 atom stereocenters. The molecule has 6 heteroatoms. The lowest BCUT2D eigenvalue weighted by atomic mass is 10.1. The summed E-state index contributed by atoms with van der Waals surface area (Å²) in [6.45, 7) is 5.74. The number of hydrogen-bond donors (Lipinski definition) is 1. The highest BCUT2D eigenvalue weighted by molar-refractivity contribution is 7.99. The molecule has 1 aliphatic heterocycles. The van der Waals surface area contributed by atoms with Gasteiger partial charge in [-0.3, -0.25) is 9.59 Å². The Labute approximate surface area is 163 Å². The molecule has 0 unspecified atom stereocenters. The van der Waals surface area contributed by atoms with Crippen molar-refractivity contribution in [3.05, 3.63) is 71.0 Å². The van der Waals surface area contributed by atoms with Crippen LogP contribution in [-0.4, -0.2) is 34.6 Å². The summed E-state index contributed by atoms with van der Waals surface area (Å²) in [6.07, 6.45) is 0. The topological polar surface area (TPSA) is 49.4 Å². The maximum atomic E-state index is 13.3. The molecule has 142 valence electrons. The van der Waals surface area contributed by atoms with Crippen LogP contribution in [0.15, 0.2) is 48.5 Å². The molecule has 0 bridgehead atoms. The standard InChI is InChI=1S/C21H23FN2O2S/c1-13(2)23-19(25)18-12-27-21(16-8-10-17(22)11-9-16)24(18)20(26)15-6-4-14(3)5-7-15/h4-11,13,18,21H,12H2,1-3H3,(H,23,25)/t18-,21+/m0/s1. The number of nitrogens with zero attached hydrogens (tertiary/aromatic N) is 1. The number of aryl methyl sites for hydroxylation is 1. The average Bonchev–Trinajstić information content (AvgIpc) is 3.07. The van der Waals surface area contributed by atoms with Crippen molar-refractivity contribution in [2.24, 2.45) is 0 Å². The molecule has 0 aromatic heterocycles. The highest BCUT2D eigenvalue weighted by Gasteiger charge is 2.42. The maximum Gasteiger partial charge on any atom is 0.255 e. The van der Waals surface area contributed by atoms with E-state index in [-0.39, 0.29) is 29.0 Å². The van der Waals surface area contributed by atoms with Crippen molar-refractivity contribution in [1.29, 1.82) is 0 Å². The Kier molecular flexibility index (Phi) is 5.85. The van der Waals surface area contributed by atoms with Crippen LogP contribution in [0, 0.1) is 12.7 Å². The second kappa shape index (κ2) is 8.13. The van der Waals surface area contributed by atoms with Gasteiger partial charge in [0, 0.05) is 17.4 Å². The molecule has 0 spiro atoms.